The van der Waals surface area contributed by atoms with E-state index >= 15 is 0 Å². The lowest BCUT2D eigenvalue weighted by atomic mass is 9.94. The van der Waals surface area contributed by atoms with Gasteiger partial charge in [0.25, 0.3) is 0 Å². The molecule has 0 bridgehead atoms. The molecule has 4 N–H and O–H groups in total. The fourth-order valence-corrected chi connectivity index (χ4v) is 1.78. The van der Waals surface area contributed by atoms with Gasteiger partial charge in [-0.2, -0.15) is 0 Å². The highest BCUT2D eigenvalue weighted by Crippen LogP contribution is 2.16. The average molecular weight is 280 g/mol. The maximum atomic E-state index is 11.6. The third-order valence-corrected chi connectivity index (χ3v) is 2.55. The van der Waals surface area contributed by atoms with Gasteiger partial charge in [-0.05, 0) is 51.8 Å². The van der Waals surface area contributed by atoms with Crippen molar-refractivity contribution in [2.45, 2.75) is 45.3 Å². The third kappa shape index (κ3) is 6.43. The van der Waals surface area contributed by atoms with Crippen LogP contribution in [0, 0.1) is 0 Å². The average Bonchev–Trinajstić information content (AvgIpc) is 2.23. The van der Waals surface area contributed by atoms with E-state index in [-0.39, 0.29) is 12.3 Å². The van der Waals surface area contributed by atoms with Gasteiger partial charge < -0.3 is 20.9 Å². The van der Waals surface area contributed by atoms with Crippen molar-refractivity contribution in [3.05, 3.63) is 29.8 Å². The number of hydrogen-bond acceptors (Lipinski definition) is 4. The first-order chi connectivity index (χ1) is 9.07. The second kappa shape index (κ2) is 6.13. The number of nitrogens with one attached hydrogen (secondary N) is 1. The van der Waals surface area contributed by atoms with Crippen LogP contribution >= 0.6 is 0 Å². The second-order valence-corrected chi connectivity index (χ2v) is 6.36. The minimum atomic E-state index is -0.620. The van der Waals surface area contributed by atoms with E-state index in [1.165, 1.54) is 0 Å². The highest BCUT2D eigenvalue weighted by Gasteiger charge is 2.22. The van der Waals surface area contributed by atoms with E-state index in [0.29, 0.717) is 6.42 Å². The van der Waals surface area contributed by atoms with Gasteiger partial charge in [-0.15, -0.1) is 0 Å². The Kier molecular flexibility index (Phi) is 5.00. The van der Waals surface area contributed by atoms with Gasteiger partial charge in [0.2, 0.25) is 0 Å². The summed E-state index contributed by atoms with van der Waals surface area (Å²) in [6, 6.07) is 6.93. The first-order valence-corrected chi connectivity index (χ1v) is 6.61. The monoisotopic (exact) mass is 280 g/mol. The molecular weight excluding hydrogens is 256 g/mol. The predicted octanol–water partition coefficient (Wildman–Crippen LogP) is 2.18. The van der Waals surface area contributed by atoms with Crippen LogP contribution in [0.1, 0.15) is 33.3 Å². The summed E-state index contributed by atoms with van der Waals surface area (Å²) in [5, 5.41) is 12.1. The summed E-state index contributed by atoms with van der Waals surface area (Å²) < 4.78 is 5.16. The van der Waals surface area contributed by atoms with Crippen molar-refractivity contribution in [2.75, 3.05) is 6.54 Å². The fraction of sp³-hybridized carbons (Fsp3) is 0.533. The zero-order valence-electron chi connectivity index (χ0n) is 12.6. The molecule has 0 aliphatic heterocycles. The van der Waals surface area contributed by atoms with Crippen molar-refractivity contribution < 1.29 is 14.6 Å². The Balaban J connectivity index is 2.51. The Labute approximate surface area is 120 Å². The summed E-state index contributed by atoms with van der Waals surface area (Å²) in [6.07, 6.45) is 0.0575. The molecule has 0 aliphatic rings. The molecule has 0 aliphatic carbocycles. The molecule has 5 heteroatoms. The van der Waals surface area contributed by atoms with E-state index in [1.807, 2.05) is 13.0 Å². The molecule has 1 amide bonds. The van der Waals surface area contributed by atoms with Crippen molar-refractivity contribution >= 4 is 6.09 Å². The molecule has 0 spiro atoms. The van der Waals surface area contributed by atoms with E-state index in [0.717, 1.165) is 5.56 Å². The highest BCUT2D eigenvalue weighted by atomic mass is 16.6. The molecule has 0 saturated heterocycles. The fourth-order valence-electron chi connectivity index (χ4n) is 1.78. The van der Waals surface area contributed by atoms with Gasteiger partial charge in [-0.25, -0.2) is 4.79 Å². The van der Waals surface area contributed by atoms with Crippen molar-refractivity contribution in [2.24, 2.45) is 5.73 Å². The summed E-state index contributed by atoms with van der Waals surface area (Å²) in [5.74, 6) is 0.207. The zero-order valence-corrected chi connectivity index (χ0v) is 12.6. The number of phenolic OH excluding ortho intramolecular Hbond substituents is 1. The standard InChI is InChI=1S/C15H24N2O3/c1-14(2,3)20-13(19)17-10-15(4,16)9-11-6-5-7-12(18)8-11/h5-8,18H,9-10,16H2,1-4H3,(H,17,19). The minimum absolute atomic E-state index is 0.207. The summed E-state index contributed by atoms with van der Waals surface area (Å²) in [6.45, 7) is 7.55. The van der Waals surface area contributed by atoms with Crippen LogP contribution in [-0.2, 0) is 11.2 Å². The second-order valence-electron chi connectivity index (χ2n) is 6.36. The van der Waals surface area contributed by atoms with Gasteiger partial charge in [0.1, 0.15) is 11.4 Å². The molecule has 1 aromatic rings. The van der Waals surface area contributed by atoms with Gasteiger partial charge >= 0.3 is 6.09 Å². The largest absolute Gasteiger partial charge is 0.508 e. The molecule has 0 aromatic heterocycles. The Morgan fingerprint density at radius 3 is 2.55 bits per heavy atom. The van der Waals surface area contributed by atoms with Crippen molar-refractivity contribution in [3.63, 3.8) is 0 Å². The van der Waals surface area contributed by atoms with E-state index in [2.05, 4.69) is 5.32 Å². The lowest BCUT2D eigenvalue weighted by Gasteiger charge is -2.26. The molecule has 0 radical (unpaired) electrons. The third-order valence-electron chi connectivity index (χ3n) is 2.55. The van der Waals surface area contributed by atoms with Crippen LogP contribution in [0.5, 0.6) is 5.75 Å². The summed E-state index contributed by atoms with van der Waals surface area (Å²) in [4.78, 5) is 11.6. The summed E-state index contributed by atoms with van der Waals surface area (Å²) in [7, 11) is 0. The number of rotatable bonds is 4. The topological polar surface area (TPSA) is 84.6 Å². The normalized spacial score (nSPS) is 14.4. The lowest BCUT2D eigenvalue weighted by Crippen LogP contribution is -2.50. The van der Waals surface area contributed by atoms with Crippen LogP contribution < -0.4 is 11.1 Å². The highest BCUT2D eigenvalue weighted by molar-refractivity contribution is 5.67. The number of carbonyl (C=O) groups excluding carboxylic acids is 1. The quantitative estimate of drug-likeness (QED) is 0.789. The van der Waals surface area contributed by atoms with Crippen LogP contribution in [0.4, 0.5) is 4.79 Å². The molecule has 0 heterocycles. The Morgan fingerprint density at radius 2 is 2.00 bits per heavy atom. The summed E-state index contributed by atoms with van der Waals surface area (Å²) >= 11 is 0. The Morgan fingerprint density at radius 1 is 1.35 bits per heavy atom. The van der Waals surface area contributed by atoms with Gasteiger partial charge in [0.15, 0.2) is 0 Å². The van der Waals surface area contributed by atoms with Gasteiger partial charge in [-0.3, -0.25) is 0 Å². The Bertz CT molecular complexity index is 464. The van der Waals surface area contributed by atoms with Gasteiger partial charge in [0, 0.05) is 12.1 Å². The number of carbonyl (C=O) groups is 1. The lowest BCUT2D eigenvalue weighted by molar-refractivity contribution is 0.0516. The van der Waals surface area contributed by atoms with Gasteiger partial charge in [-0.1, -0.05) is 12.1 Å². The molecule has 5 nitrogen and oxygen atoms in total. The molecule has 20 heavy (non-hydrogen) atoms. The smallest absolute Gasteiger partial charge is 0.407 e. The zero-order chi connectivity index (χ0) is 15.4. The van der Waals surface area contributed by atoms with Crippen LogP contribution in [-0.4, -0.2) is 28.9 Å². The van der Waals surface area contributed by atoms with Crippen LogP contribution in [0.25, 0.3) is 0 Å². The predicted molar refractivity (Wildman–Crippen MR) is 78.6 cm³/mol. The van der Waals surface area contributed by atoms with Gasteiger partial charge in [0.05, 0.1) is 0 Å². The number of phenols is 1. The molecule has 1 atom stereocenters. The maximum Gasteiger partial charge on any atom is 0.407 e. The number of nitrogens with two attached hydrogens (primary N) is 1. The van der Waals surface area contributed by atoms with Crippen LogP contribution in [0.2, 0.25) is 0 Å². The van der Waals surface area contributed by atoms with Crippen LogP contribution in [0.15, 0.2) is 24.3 Å². The molecule has 1 rings (SSSR count). The number of amides is 1. The molecule has 112 valence electrons. The molecular formula is C15H24N2O3. The number of aromatic hydroxyl groups is 1. The minimum Gasteiger partial charge on any atom is -0.508 e. The van der Waals surface area contributed by atoms with Crippen LogP contribution in [0.3, 0.4) is 0 Å². The number of benzene rings is 1. The van der Waals surface area contributed by atoms with Crippen molar-refractivity contribution in [1.29, 1.82) is 0 Å². The van der Waals surface area contributed by atoms with E-state index in [1.54, 1.807) is 39.0 Å². The Hall–Kier alpha value is -1.75. The summed E-state index contributed by atoms with van der Waals surface area (Å²) in [5.41, 5.74) is 5.93. The SMILES string of the molecule is CC(N)(CNC(=O)OC(C)(C)C)Cc1cccc(O)c1. The number of alkyl carbamates (subject to hydrolysis) is 1. The van der Waals surface area contributed by atoms with Crippen molar-refractivity contribution in [1.82, 2.24) is 5.32 Å². The van der Waals surface area contributed by atoms with Crippen molar-refractivity contribution in [3.8, 4) is 5.75 Å². The first-order valence-electron chi connectivity index (χ1n) is 6.61. The number of hydrogen-bond donors (Lipinski definition) is 3. The molecule has 1 unspecified atom stereocenters. The maximum absolute atomic E-state index is 11.6. The molecule has 1 aromatic carbocycles. The first kappa shape index (κ1) is 16.3. The molecule has 0 fully saturated rings. The van der Waals surface area contributed by atoms with E-state index in [9.17, 15) is 9.90 Å². The van der Waals surface area contributed by atoms with E-state index < -0.39 is 17.2 Å². The number of ether oxygens (including phenoxy) is 1. The van der Waals surface area contributed by atoms with E-state index in [4.69, 9.17) is 10.5 Å². The molecule has 0 saturated carbocycles.